The van der Waals surface area contributed by atoms with Crippen LogP contribution in [-0.4, -0.2) is 13.6 Å². The van der Waals surface area contributed by atoms with Gasteiger partial charge >= 0.3 is 0 Å². The monoisotopic (exact) mass is 404 g/mol. The lowest BCUT2D eigenvalue weighted by molar-refractivity contribution is 0.628. The summed E-state index contributed by atoms with van der Waals surface area (Å²) in [4.78, 5) is 0. The first-order valence-electron chi connectivity index (χ1n) is 7.70. The third-order valence-corrected chi connectivity index (χ3v) is 4.94. The minimum atomic E-state index is 0.409. The summed E-state index contributed by atoms with van der Waals surface area (Å²) in [6.45, 7) is 1.04. The van der Waals surface area contributed by atoms with Gasteiger partial charge in [0, 0.05) is 15.2 Å². The van der Waals surface area contributed by atoms with E-state index >= 15 is 0 Å². The first-order chi connectivity index (χ1) is 10.7. The molecule has 0 heterocycles. The molecule has 3 rings (SSSR count). The van der Waals surface area contributed by atoms with E-state index in [0.717, 1.165) is 25.1 Å². The molecule has 0 fully saturated rings. The fourth-order valence-corrected chi connectivity index (χ4v) is 3.70. The highest BCUT2D eigenvalue weighted by Crippen LogP contribution is 2.38. The second kappa shape index (κ2) is 6.84. The minimum Gasteiger partial charge on any atom is -0.399 e. The van der Waals surface area contributed by atoms with Crippen molar-refractivity contribution in [2.24, 2.45) is 0 Å². The van der Waals surface area contributed by atoms with Crippen LogP contribution in [0.5, 0.6) is 0 Å². The van der Waals surface area contributed by atoms with Crippen molar-refractivity contribution >= 4 is 40.4 Å². The molecule has 0 saturated heterocycles. The summed E-state index contributed by atoms with van der Waals surface area (Å²) < 4.78 is 1.29. The third kappa shape index (κ3) is 3.20. The third-order valence-electron chi connectivity index (χ3n) is 4.27. The quantitative estimate of drug-likeness (QED) is 0.448. The molecule has 0 aromatic heterocycles. The van der Waals surface area contributed by atoms with Gasteiger partial charge < -0.3 is 11.1 Å². The summed E-state index contributed by atoms with van der Waals surface area (Å²) in [6.07, 6.45) is 6.74. The van der Waals surface area contributed by atoms with E-state index in [1.165, 1.54) is 25.8 Å². The summed E-state index contributed by atoms with van der Waals surface area (Å²) in [5.41, 5.74) is 12.3. The van der Waals surface area contributed by atoms with Gasteiger partial charge in [-0.25, -0.2) is 0 Å². The van der Waals surface area contributed by atoms with E-state index in [9.17, 15) is 0 Å². The zero-order valence-corrected chi connectivity index (χ0v) is 14.9. The molecule has 22 heavy (non-hydrogen) atoms. The molecule has 114 valence electrons. The summed E-state index contributed by atoms with van der Waals surface area (Å²) in [7, 11) is 2.01. The number of benzene rings is 2. The van der Waals surface area contributed by atoms with Gasteiger partial charge in [0.05, 0.1) is 0 Å². The van der Waals surface area contributed by atoms with Crippen molar-refractivity contribution in [2.75, 3.05) is 19.3 Å². The van der Waals surface area contributed by atoms with Gasteiger partial charge in [-0.1, -0.05) is 24.3 Å². The van der Waals surface area contributed by atoms with Crippen molar-refractivity contribution in [3.63, 3.8) is 0 Å². The SMILES string of the molecule is CNCCCC1c2cc(N)ccc2C=Cc2ccc(I)cc21. The minimum absolute atomic E-state index is 0.409. The molecule has 0 radical (unpaired) electrons. The van der Waals surface area contributed by atoms with Crippen LogP contribution in [0.3, 0.4) is 0 Å². The Balaban J connectivity index is 2.10. The highest BCUT2D eigenvalue weighted by Gasteiger charge is 2.21. The lowest BCUT2D eigenvalue weighted by atomic mass is 9.84. The Kier molecular flexibility index (Phi) is 4.84. The predicted molar refractivity (Wildman–Crippen MR) is 104 cm³/mol. The fraction of sp³-hybridized carbons (Fsp3) is 0.263. The second-order valence-corrected chi connectivity index (χ2v) is 7.04. The van der Waals surface area contributed by atoms with Gasteiger partial charge in [-0.2, -0.15) is 0 Å². The van der Waals surface area contributed by atoms with Gasteiger partial charge in [0.25, 0.3) is 0 Å². The maximum absolute atomic E-state index is 6.06. The van der Waals surface area contributed by atoms with E-state index in [4.69, 9.17) is 5.73 Å². The number of rotatable bonds is 4. The van der Waals surface area contributed by atoms with Crippen molar-refractivity contribution in [3.05, 3.63) is 62.2 Å². The molecule has 1 unspecified atom stereocenters. The standard InChI is InChI=1S/C19H21IN2/c1-22-10-2-3-17-18-11-15(20)8-6-13(18)4-5-14-7-9-16(21)12-19(14)17/h4-9,11-12,17,22H,2-3,10,21H2,1H3. The maximum Gasteiger partial charge on any atom is 0.0317 e. The van der Waals surface area contributed by atoms with Crippen LogP contribution in [0.25, 0.3) is 12.2 Å². The first kappa shape index (κ1) is 15.6. The van der Waals surface area contributed by atoms with Crippen LogP contribution in [0.4, 0.5) is 5.69 Å². The van der Waals surface area contributed by atoms with E-state index in [-0.39, 0.29) is 0 Å². The summed E-state index contributed by atoms with van der Waals surface area (Å²) >= 11 is 2.40. The van der Waals surface area contributed by atoms with Crippen molar-refractivity contribution in [1.29, 1.82) is 0 Å². The number of hydrogen-bond acceptors (Lipinski definition) is 2. The summed E-state index contributed by atoms with van der Waals surface area (Å²) in [5, 5.41) is 3.25. The molecule has 2 aromatic carbocycles. The van der Waals surface area contributed by atoms with Crippen LogP contribution in [0.15, 0.2) is 36.4 Å². The molecule has 2 nitrogen and oxygen atoms in total. The predicted octanol–water partition coefficient (Wildman–Crippen LogP) is 4.49. The van der Waals surface area contributed by atoms with Crippen LogP contribution in [-0.2, 0) is 0 Å². The summed E-state index contributed by atoms with van der Waals surface area (Å²) in [6, 6.07) is 13.0. The van der Waals surface area contributed by atoms with Gasteiger partial charge in [0.15, 0.2) is 0 Å². The Bertz CT molecular complexity index is 651. The molecule has 2 aromatic rings. The normalized spacial score (nSPS) is 16.0. The Morgan fingerprint density at radius 1 is 1.05 bits per heavy atom. The molecular formula is C19H21IN2. The van der Waals surface area contributed by atoms with Crippen molar-refractivity contribution in [1.82, 2.24) is 5.32 Å². The van der Waals surface area contributed by atoms with Gasteiger partial charge in [-0.05, 0) is 95.5 Å². The van der Waals surface area contributed by atoms with E-state index in [1.807, 2.05) is 13.1 Å². The van der Waals surface area contributed by atoms with Crippen LogP contribution >= 0.6 is 22.6 Å². The highest BCUT2D eigenvalue weighted by atomic mass is 127. The van der Waals surface area contributed by atoms with E-state index < -0.39 is 0 Å². The van der Waals surface area contributed by atoms with Gasteiger partial charge in [-0.15, -0.1) is 0 Å². The van der Waals surface area contributed by atoms with Gasteiger partial charge in [0.2, 0.25) is 0 Å². The Hall–Kier alpha value is -1.33. The zero-order chi connectivity index (χ0) is 15.5. The van der Waals surface area contributed by atoms with Crippen molar-refractivity contribution in [2.45, 2.75) is 18.8 Å². The number of fused-ring (bicyclic) bond motifs is 2. The smallest absolute Gasteiger partial charge is 0.0317 e. The van der Waals surface area contributed by atoms with E-state index in [0.29, 0.717) is 5.92 Å². The molecule has 0 amide bonds. The highest BCUT2D eigenvalue weighted by molar-refractivity contribution is 14.1. The average Bonchev–Trinajstić information content (AvgIpc) is 2.65. The molecular weight excluding hydrogens is 383 g/mol. The molecule has 1 aliphatic carbocycles. The molecule has 0 saturated carbocycles. The first-order valence-corrected chi connectivity index (χ1v) is 8.78. The van der Waals surface area contributed by atoms with Crippen LogP contribution in [0.2, 0.25) is 0 Å². The Morgan fingerprint density at radius 2 is 1.73 bits per heavy atom. The fourth-order valence-electron chi connectivity index (χ4n) is 3.19. The van der Waals surface area contributed by atoms with Crippen LogP contribution in [0.1, 0.15) is 41.0 Å². The molecule has 1 aliphatic rings. The lowest BCUT2D eigenvalue weighted by Crippen LogP contribution is -2.11. The molecule has 0 aliphatic heterocycles. The number of nitrogen functional groups attached to an aromatic ring is 1. The maximum atomic E-state index is 6.06. The zero-order valence-electron chi connectivity index (χ0n) is 12.8. The van der Waals surface area contributed by atoms with Gasteiger partial charge in [-0.3, -0.25) is 0 Å². The number of anilines is 1. The van der Waals surface area contributed by atoms with Crippen LogP contribution < -0.4 is 11.1 Å². The largest absolute Gasteiger partial charge is 0.399 e. The number of halogens is 1. The number of nitrogens with one attached hydrogen (secondary N) is 1. The number of hydrogen-bond donors (Lipinski definition) is 2. The lowest BCUT2D eigenvalue weighted by Gasteiger charge is -2.21. The van der Waals surface area contributed by atoms with Gasteiger partial charge in [0.1, 0.15) is 0 Å². The molecule has 1 atom stereocenters. The summed E-state index contributed by atoms with van der Waals surface area (Å²) in [5.74, 6) is 0.409. The molecule has 3 heteroatoms. The van der Waals surface area contributed by atoms with E-state index in [1.54, 1.807) is 0 Å². The second-order valence-electron chi connectivity index (χ2n) is 5.79. The topological polar surface area (TPSA) is 38.0 Å². The van der Waals surface area contributed by atoms with Crippen LogP contribution in [0, 0.1) is 3.57 Å². The molecule has 0 bridgehead atoms. The van der Waals surface area contributed by atoms with Crippen molar-refractivity contribution in [3.8, 4) is 0 Å². The average molecular weight is 404 g/mol. The number of nitrogens with two attached hydrogens (primary N) is 1. The van der Waals surface area contributed by atoms with E-state index in [2.05, 4.69) is 70.4 Å². The van der Waals surface area contributed by atoms with Crippen molar-refractivity contribution < 1.29 is 0 Å². The Morgan fingerprint density at radius 3 is 2.45 bits per heavy atom. The molecule has 0 spiro atoms. The molecule has 3 N–H and O–H groups in total. The Labute approximate surface area is 145 Å².